The van der Waals surface area contributed by atoms with E-state index in [9.17, 15) is 0 Å². The van der Waals surface area contributed by atoms with Crippen LogP contribution in [0.3, 0.4) is 0 Å². The molecule has 17 heavy (non-hydrogen) atoms. The molecular weight excluding hydrogens is 224 g/mol. The molecule has 0 aliphatic carbocycles. The van der Waals surface area contributed by atoms with Gasteiger partial charge in [-0.25, -0.2) is 0 Å². The van der Waals surface area contributed by atoms with Crippen molar-refractivity contribution in [3.8, 4) is 22.9 Å². The van der Waals surface area contributed by atoms with Gasteiger partial charge in [-0.05, 0) is 22.6 Å². The predicted molar refractivity (Wildman–Crippen MR) is 58.8 cm³/mol. The first-order chi connectivity index (χ1) is 8.31. The zero-order chi connectivity index (χ0) is 12.3. The number of rotatable bonds is 4. The Balaban J connectivity index is 2.61. The summed E-state index contributed by atoms with van der Waals surface area (Å²) in [6.45, 7) is 0. The molecule has 2 rings (SSSR count). The Labute approximate surface area is 97.9 Å². The highest BCUT2D eigenvalue weighted by atomic mass is 16.5. The van der Waals surface area contributed by atoms with E-state index >= 15 is 0 Å². The van der Waals surface area contributed by atoms with E-state index in [0.29, 0.717) is 22.9 Å². The summed E-state index contributed by atoms with van der Waals surface area (Å²) < 4.78 is 17.2. The molecule has 0 atom stereocenters. The van der Waals surface area contributed by atoms with Crippen LogP contribution in [-0.4, -0.2) is 41.5 Å². The van der Waals surface area contributed by atoms with Crippen LogP contribution in [0.1, 0.15) is 0 Å². The molecule has 1 heterocycles. The molecule has 1 aromatic carbocycles. The van der Waals surface area contributed by atoms with Crippen LogP contribution in [0.25, 0.3) is 5.69 Å². The highest BCUT2D eigenvalue weighted by molar-refractivity contribution is 5.61. The van der Waals surface area contributed by atoms with Gasteiger partial charge in [0.1, 0.15) is 12.0 Å². The van der Waals surface area contributed by atoms with Crippen molar-refractivity contribution in [2.45, 2.75) is 0 Å². The zero-order valence-corrected chi connectivity index (χ0v) is 9.75. The van der Waals surface area contributed by atoms with Crippen molar-refractivity contribution in [1.82, 2.24) is 20.2 Å². The van der Waals surface area contributed by atoms with Gasteiger partial charge in [-0.15, -0.1) is 5.10 Å². The monoisotopic (exact) mass is 236 g/mol. The number of aromatic nitrogens is 4. The number of ether oxygens (including phenoxy) is 3. The molecule has 0 radical (unpaired) electrons. The molecule has 0 unspecified atom stereocenters. The SMILES string of the molecule is COc1ccc(-n2cnnn2)c(OC)c1OC. The van der Waals surface area contributed by atoms with E-state index < -0.39 is 0 Å². The van der Waals surface area contributed by atoms with Gasteiger partial charge in [0.15, 0.2) is 11.5 Å². The predicted octanol–water partition coefficient (Wildman–Crippen LogP) is 0.688. The normalized spacial score (nSPS) is 10.1. The number of tetrazole rings is 1. The van der Waals surface area contributed by atoms with E-state index in [0.717, 1.165) is 0 Å². The van der Waals surface area contributed by atoms with E-state index in [4.69, 9.17) is 14.2 Å². The summed E-state index contributed by atoms with van der Waals surface area (Å²) in [4.78, 5) is 0. The average Bonchev–Trinajstić information content (AvgIpc) is 2.90. The Bertz CT molecular complexity index is 499. The Morgan fingerprint density at radius 1 is 1.00 bits per heavy atom. The second-order valence-corrected chi connectivity index (χ2v) is 3.11. The van der Waals surface area contributed by atoms with Gasteiger partial charge >= 0.3 is 0 Å². The molecule has 0 amide bonds. The van der Waals surface area contributed by atoms with Crippen LogP contribution >= 0.6 is 0 Å². The molecule has 2 aromatic rings. The third-order valence-electron chi connectivity index (χ3n) is 2.28. The van der Waals surface area contributed by atoms with E-state index in [1.165, 1.54) is 11.0 Å². The summed E-state index contributed by atoms with van der Waals surface area (Å²) in [7, 11) is 4.66. The summed E-state index contributed by atoms with van der Waals surface area (Å²) in [5.74, 6) is 1.60. The Kier molecular flexibility index (Phi) is 3.08. The molecule has 7 nitrogen and oxygen atoms in total. The minimum atomic E-state index is 0.503. The first-order valence-corrected chi connectivity index (χ1v) is 4.84. The van der Waals surface area contributed by atoms with Crippen molar-refractivity contribution in [2.24, 2.45) is 0 Å². The third kappa shape index (κ3) is 1.86. The van der Waals surface area contributed by atoms with Gasteiger partial charge in [0.25, 0.3) is 0 Å². The second kappa shape index (κ2) is 4.69. The van der Waals surface area contributed by atoms with Gasteiger partial charge in [-0.1, -0.05) is 0 Å². The standard InChI is InChI=1S/C10H12N4O3/c1-15-8-5-4-7(14-6-11-12-13-14)9(16-2)10(8)17-3/h4-6H,1-3H3. The number of hydrogen-bond acceptors (Lipinski definition) is 6. The molecule has 0 N–H and O–H groups in total. The van der Waals surface area contributed by atoms with Crippen LogP contribution in [0.15, 0.2) is 18.5 Å². The highest BCUT2D eigenvalue weighted by Crippen LogP contribution is 2.40. The van der Waals surface area contributed by atoms with Crippen LogP contribution in [0, 0.1) is 0 Å². The lowest BCUT2D eigenvalue weighted by Crippen LogP contribution is -2.02. The van der Waals surface area contributed by atoms with E-state index in [1.54, 1.807) is 33.5 Å². The quantitative estimate of drug-likeness (QED) is 0.777. The Hall–Kier alpha value is -2.31. The zero-order valence-electron chi connectivity index (χ0n) is 9.75. The molecule has 0 bridgehead atoms. The minimum Gasteiger partial charge on any atom is -0.493 e. The molecule has 7 heteroatoms. The van der Waals surface area contributed by atoms with Crippen molar-refractivity contribution in [2.75, 3.05) is 21.3 Å². The lowest BCUT2D eigenvalue weighted by molar-refractivity contribution is 0.323. The molecule has 0 aliphatic rings. The molecule has 0 saturated carbocycles. The van der Waals surface area contributed by atoms with E-state index in [-0.39, 0.29) is 0 Å². The summed E-state index contributed by atoms with van der Waals surface area (Å²) in [5.41, 5.74) is 0.676. The van der Waals surface area contributed by atoms with Gasteiger partial charge in [-0.3, -0.25) is 0 Å². The summed E-state index contributed by atoms with van der Waals surface area (Å²) in [6.07, 6.45) is 1.48. The summed E-state index contributed by atoms with van der Waals surface area (Å²) >= 11 is 0. The summed E-state index contributed by atoms with van der Waals surface area (Å²) in [6, 6.07) is 3.55. The Morgan fingerprint density at radius 3 is 2.29 bits per heavy atom. The van der Waals surface area contributed by atoms with Crippen molar-refractivity contribution in [3.05, 3.63) is 18.5 Å². The fourth-order valence-electron chi connectivity index (χ4n) is 1.54. The first kappa shape index (κ1) is 11.2. The molecule has 90 valence electrons. The fourth-order valence-corrected chi connectivity index (χ4v) is 1.54. The minimum absolute atomic E-state index is 0.503. The smallest absolute Gasteiger partial charge is 0.205 e. The number of hydrogen-bond donors (Lipinski definition) is 0. The van der Waals surface area contributed by atoms with Crippen LogP contribution < -0.4 is 14.2 Å². The van der Waals surface area contributed by atoms with E-state index in [2.05, 4.69) is 15.5 Å². The third-order valence-corrected chi connectivity index (χ3v) is 2.28. The number of methoxy groups -OCH3 is 3. The lowest BCUT2D eigenvalue weighted by atomic mass is 10.2. The average molecular weight is 236 g/mol. The van der Waals surface area contributed by atoms with Gasteiger partial charge in [0, 0.05) is 0 Å². The maximum atomic E-state index is 5.31. The second-order valence-electron chi connectivity index (χ2n) is 3.11. The fraction of sp³-hybridized carbons (Fsp3) is 0.300. The molecule has 1 aromatic heterocycles. The largest absolute Gasteiger partial charge is 0.493 e. The van der Waals surface area contributed by atoms with Gasteiger partial charge in [-0.2, -0.15) is 4.68 Å². The van der Waals surface area contributed by atoms with Gasteiger partial charge in [0.05, 0.1) is 21.3 Å². The Morgan fingerprint density at radius 2 is 1.76 bits per heavy atom. The van der Waals surface area contributed by atoms with Crippen LogP contribution in [0.4, 0.5) is 0 Å². The maximum absolute atomic E-state index is 5.31. The maximum Gasteiger partial charge on any atom is 0.205 e. The van der Waals surface area contributed by atoms with Crippen LogP contribution in [0.2, 0.25) is 0 Å². The van der Waals surface area contributed by atoms with Crippen molar-refractivity contribution in [3.63, 3.8) is 0 Å². The number of benzene rings is 1. The van der Waals surface area contributed by atoms with Crippen molar-refractivity contribution < 1.29 is 14.2 Å². The number of nitrogens with zero attached hydrogens (tertiary/aromatic N) is 4. The van der Waals surface area contributed by atoms with Crippen molar-refractivity contribution >= 4 is 0 Å². The van der Waals surface area contributed by atoms with Crippen LogP contribution in [0.5, 0.6) is 17.2 Å². The van der Waals surface area contributed by atoms with Gasteiger partial charge in [0.2, 0.25) is 5.75 Å². The molecular formula is C10H12N4O3. The molecule has 0 saturated heterocycles. The molecule has 0 aliphatic heterocycles. The lowest BCUT2D eigenvalue weighted by Gasteiger charge is -2.14. The first-order valence-electron chi connectivity index (χ1n) is 4.84. The topological polar surface area (TPSA) is 71.3 Å². The van der Waals surface area contributed by atoms with Crippen LogP contribution in [-0.2, 0) is 0 Å². The van der Waals surface area contributed by atoms with Gasteiger partial charge < -0.3 is 14.2 Å². The van der Waals surface area contributed by atoms with Crippen molar-refractivity contribution in [1.29, 1.82) is 0 Å². The molecule has 0 spiro atoms. The van der Waals surface area contributed by atoms with E-state index in [1.807, 2.05) is 0 Å². The highest BCUT2D eigenvalue weighted by Gasteiger charge is 2.17. The summed E-state index contributed by atoms with van der Waals surface area (Å²) in [5, 5.41) is 11.0. The molecule has 0 fully saturated rings.